The molecule has 0 fully saturated rings. The Morgan fingerprint density at radius 3 is 2.52 bits per heavy atom. The van der Waals surface area contributed by atoms with Crippen LogP contribution in [0.15, 0.2) is 48.5 Å². The van der Waals surface area contributed by atoms with Crippen molar-refractivity contribution in [1.82, 2.24) is 0 Å². The zero-order valence-electron chi connectivity index (χ0n) is 13.2. The van der Waals surface area contributed by atoms with Crippen molar-refractivity contribution in [3.63, 3.8) is 0 Å². The Hall–Kier alpha value is -2.26. The second-order valence-electron chi connectivity index (χ2n) is 6.09. The highest BCUT2D eigenvalue weighted by molar-refractivity contribution is 6.31. The van der Waals surface area contributed by atoms with E-state index in [9.17, 15) is 4.79 Å². The summed E-state index contributed by atoms with van der Waals surface area (Å²) in [6, 6.07) is 13.4. The summed E-state index contributed by atoms with van der Waals surface area (Å²) in [6.07, 6.45) is 2.91. The van der Waals surface area contributed by atoms with Gasteiger partial charge in [0.2, 0.25) is 0 Å². The molecule has 0 atom stereocenters. The predicted molar refractivity (Wildman–Crippen MR) is 97.2 cm³/mol. The molecule has 1 aliphatic heterocycles. The lowest BCUT2D eigenvalue weighted by Gasteiger charge is -2.08. The van der Waals surface area contributed by atoms with Gasteiger partial charge in [0, 0.05) is 33.2 Å². The van der Waals surface area contributed by atoms with Crippen molar-refractivity contribution in [2.24, 2.45) is 5.92 Å². The molecule has 0 aliphatic carbocycles. The fraction of sp³-hybridized carbons (Fsp3) is 0.211. The van der Waals surface area contributed by atoms with E-state index in [-0.39, 0.29) is 5.91 Å². The molecule has 2 N–H and O–H groups in total. The van der Waals surface area contributed by atoms with Crippen LogP contribution in [0.3, 0.4) is 0 Å². The molecular weight excluding hydrogens is 308 g/mol. The quantitative estimate of drug-likeness (QED) is 0.732. The summed E-state index contributed by atoms with van der Waals surface area (Å²) in [6.45, 7) is 4.28. The molecule has 2 aromatic carbocycles. The van der Waals surface area contributed by atoms with Gasteiger partial charge in [0.05, 0.1) is 0 Å². The van der Waals surface area contributed by atoms with Gasteiger partial charge in [-0.3, -0.25) is 4.79 Å². The summed E-state index contributed by atoms with van der Waals surface area (Å²) in [5, 5.41) is 6.96. The van der Waals surface area contributed by atoms with E-state index in [0.717, 1.165) is 34.6 Å². The Labute approximate surface area is 141 Å². The van der Waals surface area contributed by atoms with Crippen molar-refractivity contribution >= 4 is 40.1 Å². The highest BCUT2D eigenvalue weighted by Gasteiger charge is 2.24. The van der Waals surface area contributed by atoms with Crippen LogP contribution in [0.5, 0.6) is 0 Å². The van der Waals surface area contributed by atoms with E-state index < -0.39 is 0 Å². The average molecular weight is 327 g/mol. The molecule has 0 bridgehead atoms. The van der Waals surface area contributed by atoms with E-state index in [0.29, 0.717) is 10.9 Å². The maximum absolute atomic E-state index is 12.1. The van der Waals surface area contributed by atoms with Gasteiger partial charge < -0.3 is 10.6 Å². The third kappa shape index (κ3) is 3.57. The second kappa shape index (κ2) is 6.47. The SMILES string of the molecule is CC(C)C/C=C1/C(=O)Nc2ccc(Nc3ccc(Cl)cc3)cc21. The number of anilines is 3. The van der Waals surface area contributed by atoms with Crippen molar-refractivity contribution in [3.05, 3.63) is 59.1 Å². The predicted octanol–water partition coefficient (Wildman–Crippen LogP) is 5.47. The number of fused-ring (bicyclic) bond motifs is 1. The first-order valence-electron chi connectivity index (χ1n) is 7.71. The lowest BCUT2D eigenvalue weighted by atomic mass is 10.0. The minimum absolute atomic E-state index is 0.0238. The highest BCUT2D eigenvalue weighted by atomic mass is 35.5. The third-order valence-corrected chi connectivity index (χ3v) is 3.98. The summed E-state index contributed by atoms with van der Waals surface area (Å²) in [5.41, 5.74) is 4.48. The molecule has 118 valence electrons. The molecule has 1 heterocycles. The van der Waals surface area contributed by atoms with Crippen LogP contribution in [0, 0.1) is 5.92 Å². The number of nitrogens with one attached hydrogen (secondary N) is 2. The molecule has 0 spiro atoms. The molecule has 3 nitrogen and oxygen atoms in total. The van der Waals surface area contributed by atoms with Gasteiger partial charge in [-0.2, -0.15) is 0 Å². The molecule has 0 saturated heterocycles. The van der Waals surface area contributed by atoms with E-state index in [1.54, 1.807) is 0 Å². The van der Waals surface area contributed by atoms with Crippen LogP contribution in [0.1, 0.15) is 25.8 Å². The van der Waals surface area contributed by atoms with Gasteiger partial charge in [0.1, 0.15) is 0 Å². The Kier molecular flexibility index (Phi) is 4.39. The summed E-state index contributed by atoms with van der Waals surface area (Å²) in [4.78, 5) is 12.1. The molecule has 3 rings (SSSR count). The molecule has 2 aromatic rings. The van der Waals surface area contributed by atoms with E-state index in [4.69, 9.17) is 11.6 Å². The van der Waals surface area contributed by atoms with Gasteiger partial charge in [-0.05, 0) is 54.8 Å². The number of rotatable bonds is 4. The number of halogens is 1. The van der Waals surface area contributed by atoms with Crippen LogP contribution >= 0.6 is 11.6 Å². The Balaban J connectivity index is 1.88. The smallest absolute Gasteiger partial charge is 0.256 e. The average Bonchev–Trinajstić information content (AvgIpc) is 2.82. The minimum atomic E-state index is -0.0238. The highest BCUT2D eigenvalue weighted by Crippen LogP contribution is 2.35. The number of carbonyl (C=O) groups excluding carboxylic acids is 1. The first kappa shape index (κ1) is 15.6. The van der Waals surface area contributed by atoms with Gasteiger partial charge in [0.15, 0.2) is 0 Å². The molecule has 4 heteroatoms. The summed E-state index contributed by atoms with van der Waals surface area (Å²) in [7, 11) is 0. The van der Waals surface area contributed by atoms with Gasteiger partial charge in [-0.25, -0.2) is 0 Å². The van der Waals surface area contributed by atoms with Crippen molar-refractivity contribution in [1.29, 1.82) is 0 Å². The molecule has 0 saturated carbocycles. The monoisotopic (exact) mass is 326 g/mol. The maximum atomic E-state index is 12.1. The van der Waals surface area contributed by atoms with E-state index in [2.05, 4.69) is 24.5 Å². The van der Waals surface area contributed by atoms with Crippen molar-refractivity contribution in [2.45, 2.75) is 20.3 Å². The van der Waals surface area contributed by atoms with Crippen LogP contribution in [0.2, 0.25) is 5.02 Å². The molecule has 0 radical (unpaired) electrons. The summed E-state index contributed by atoms with van der Waals surface area (Å²) in [5.74, 6) is 0.499. The summed E-state index contributed by atoms with van der Waals surface area (Å²) < 4.78 is 0. The Morgan fingerprint density at radius 1 is 1.13 bits per heavy atom. The molecule has 1 amide bonds. The lowest BCUT2D eigenvalue weighted by Crippen LogP contribution is -2.03. The van der Waals surface area contributed by atoms with Crippen molar-refractivity contribution in [2.75, 3.05) is 10.6 Å². The summed E-state index contributed by atoms with van der Waals surface area (Å²) >= 11 is 5.91. The van der Waals surface area contributed by atoms with Crippen molar-refractivity contribution in [3.8, 4) is 0 Å². The molecule has 23 heavy (non-hydrogen) atoms. The minimum Gasteiger partial charge on any atom is -0.356 e. The number of carbonyl (C=O) groups is 1. The maximum Gasteiger partial charge on any atom is 0.256 e. The van der Waals surface area contributed by atoms with Gasteiger partial charge >= 0.3 is 0 Å². The second-order valence-corrected chi connectivity index (χ2v) is 6.53. The van der Waals surface area contributed by atoms with Gasteiger partial charge in [-0.1, -0.05) is 31.5 Å². The fourth-order valence-corrected chi connectivity index (χ4v) is 2.65. The molecular formula is C19H19ClN2O. The van der Waals surface area contributed by atoms with Crippen LogP contribution < -0.4 is 10.6 Å². The number of hydrogen-bond acceptors (Lipinski definition) is 2. The fourth-order valence-electron chi connectivity index (χ4n) is 2.52. The standard InChI is InChI=1S/C19H19ClN2O/c1-12(2)3-9-16-17-11-15(8-10-18(17)22-19(16)23)21-14-6-4-13(20)5-7-14/h4-12,21H,3H2,1-2H3,(H,22,23)/b16-9+. The molecule has 1 aliphatic rings. The largest absolute Gasteiger partial charge is 0.356 e. The zero-order valence-corrected chi connectivity index (χ0v) is 13.9. The molecule has 0 aromatic heterocycles. The Morgan fingerprint density at radius 2 is 1.83 bits per heavy atom. The number of allylic oxidation sites excluding steroid dienone is 1. The first-order chi connectivity index (χ1) is 11.0. The van der Waals surface area contributed by atoms with Crippen molar-refractivity contribution < 1.29 is 4.79 Å². The number of hydrogen-bond donors (Lipinski definition) is 2. The van der Waals surface area contributed by atoms with E-state index in [1.807, 2.05) is 48.5 Å². The topological polar surface area (TPSA) is 41.1 Å². The van der Waals surface area contributed by atoms with Gasteiger partial charge in [-0.15, -0.1) is 0 Å². The lowest BCUT2D eigenvalue weighted by molar-refractivity contribution is -0.110. The van der Waals surface area contributed by atoms with Crippen LogP contribution in [0.4, 0.5) is 17.1 Å². The Bertz CT molecular complexity index is 763. The van der Waals surface area contributed by atoms with Gasteiger partial charge in [0.25, 0.3) is 5.91 Å². The zero-order chi connectivity index (χ0) is 16.4. The van der Waals surface area contributed by atoms with Crippen LogP contribution in [-0.2, 0) is 4.79 Å². The number of amides is 1. The molecule has 0 unspecified atom stereocenters. The van der Waals surface area contributed by atoms with E-state index in [1.165, 1.54) is 0 Å². The van der Waals surface area contributed by atoms with Crippen LogP contribution in [0.25, 0.3) is 5.57 Å². The number of benzene rings is 2. The third-order valence-electron chi connectivity index (χ3n) is 3.73. The van der Waals surface area contributed by atoms with E-state index >= 15 is 0 Å². The van der Waals surface area contributed by atoms with Crippen LogP contribution in [-0.4, -0.2) is 5.91 Å². The first-order valence-corrected chi connectivity index (χ1v) is 8.09. The normalized spacial score (nSPS) is 15.0.